The molecule has 3 aromatic rings. The molecule has 1 saturated heterocycles. The van der Waals surface area contributed by atoms with Crippen molar-refractivity contribution in [2.45, 2.75) is 24.2 Å². The lowest BCUT2D eigenvalue weighted by molar-refractivity contribution is -0.130. The Hall–Kier alpha value is -2.43. The molecule has 2 aromatic carbocycles. The van der Waals surface area contributed by atoms with Gasteiger partial charge in [-0.25, -0.2) is 8.42 Å². The van der Waals surface area contributed by atoms with Crippen LogP contribution in [0.2, 0.25) is 5.02 Å². The minimum absolute atomic E-state index is 0.00348. The smallest absolute Gasteiger partial charge is 0.233 e. The van der Waals surface area contributed by atoms with Crippen LogP contribution in [-0.2, 0) is 21.2 Å². The Balaban J connectivity index is 1.50. The molecule has 1 fully saturated rings. The van der Waals surface area contributed by atoms with Crippen LogP contribution in [0.5, 0.6) is 0 Å². The lowest BCUT2D eigenvalue weighted by Gasteiger charge is -2.28. The SMILES string of the molecule is O=C(CSc1nnnn1-c1cccc(Cl)c1)N(Cc1ccccc1)[C@H]1CCS(=O)(=O)C1. The van der Waals surface area contributed by atoms with Gasteiger partial charge in [-0.15, -0.1) is 5.10 Å². The number of carbonyl (C=O) groups is 1. The number of carbonyl (C=O) groups excluding carboxylic acids is 1. The summed E-state index contributed by atoms with van der Waals surface area (Å²) in [4.78, 5) is 14.8. The molecule has 2 heterocycles. The van der Waals surface area contributed by atoms with E-state index in [0.717, 1.165) is 5.56 Å². The van der Waals surface area contributed by atoms with E-state index in [9.17, 15) is 13.2 Å². The van der Waals surface area contributed by atoms with Crippen molar-refractivity contribution in [1.29, 1.82) is 0 Å². The second kappa shape index (κ2) is 9.37. The molecule has 1 aliphatic heterocycles. The largest absolute Gasteiger partial charge is 0.334 e. The zero-order valence-corrected chi connectivity index (χ0v) is 18.9. The van der Waals surface area contributed by atoms with Crippen molar-refractivity contribution in [3.8, 4) is 5.69 Å². The number of rotatable bonds is 7. The maximum absolute atomic E-state index is 13.2. The van der Waals surface area contributed by atoms with Crippen LogP contribution in [0.25, 0.3) is 5.69 Å². The van der Waals surface area contributed by atoms with Crippen LogP contribution >= 0.6 is 23.4 Å². The standard InChI is InChI=1S/C20H20ClN5O3S2/c21-16-7-4-8-17(11-16)26-20(22-23-24-26)30-13-19(27)25(12-15-5-2-1-3-6-15)18-9-10-31(28,29)14-18/h1-8,11,18H,9-10,12-14H2/t18-/m0/s1. The Morgan fingerprint density at radius 3 is 2.71 bits per heavy atom. The summed E-state index contributed by atoms with van der Waals surface area (Å²) in [6.45, 7) is 0.361. The van der Waals surface area contributed by atoms with E-state index in [0.29, 0.717) is 28.8 Å². The lowest BCUT2D eigenvalue weighted by Crippen LogP contribution is -2.41. The maximum Gasteiger partial charge on any atom is 0.233 e. The number of thioether (sulfide) groups is 1. The van der Waals surface area contributed by atoms with Gasteiger partial charge in [0.15, 0.2) is 9.84 Å². The third-order valence-corrected chi connectivity index (χ3v) is 7.87. The predicted octanol–water partition coefficient (Wildman–Crippen LogP) is 2.62. The first-order valence-electron chi connectivity index (χ1n) is 9.62. The quantitative estimate of drug-likeness (QED) is 0.482. The van der Waals surface area contributed by atoms with Crippen LogP contribution in [0.1, 0.15) is 12.0 Å². The highest BCUT2D eigenvalue weighted by atomic mass is 35.5. The fourth-order valence-corrected chi connectivity index (χ4v) is 6.16. The molecule has 0 saturated carbocycles. The normalized spacial score (nSPS) is 17.5. The average molecular weight is 478 g/mol. The van der Waals surface area contributed by atoms with Crippen molar-refractivity contribution in [1.82, 2.24) is 25.1 Å². The molecular weight excluding hydrogens is 458 g/mol. The third kappa shape index (κ3) is 5.44. The highest BCUT2D eigenvalue weighted by Crippen LogP contribution is 2.24. The summed E-state index contributed by atoms with van der Waals surface area (Å²) in [7, 11) is -3.12. The first-order valence-corrected chi connectivity index (χ1v) is 12.8. The van der Waals surface area contributed by atoms with E-state index in [4.69, 9.17) is 11.6 Å². The fourth-order valence-electron chi connectivity index (χ4n) is 3.47. The van der Waals surface area contributed by atoms with E-state index in [1.54, 1.807) is 23.1 Å². The highest BCUT2D eigenvalue weighted by Gasteiger charge is 2.34. The first-order chi connectivity index (χ1) is 14.9. The summed E-state index contributed by atoms with van der Waals surface area (Å²) in [6.07, 6.45) is 0.450. The molecule has 8 nitrogen and oxygen atoms in total. The van der Waals surface area contributed by atoms with Gasteiger partial charge in [-0.3, -0.25) is 4.79 Å². The van der Waals surface area contributed by atoms with Crippen LogP contribution in [0.3, 0.4) is 0 Å². The zero-order chi connectivity index (χ0) is 21.8. The highest BCUT2D eigenvalue weighted by molar-refractivity contribution is 7.99. The van der Waals surface area contributed by atoms with E-state index in [2.05, 4.69) is 15.5 Å². The average Bonchev–Trinajstić information content (AvgIpc) is 3.37. The van der Waals surface area contributed by atoms with Crippen molar-refractivity contribution < 1.29 is 13.2 Å². The summed E-state index contributed by atoms with van der Waals surface area (Å²) >= 11 is 7.26. The summed E-state index contributed by atoms with van der Waals surface area (Å²) in [6, 6.07) is 16.3. The minimum atomic E-state index is -3.12. The van der Waals surface area contributed by atoms with Gasteiger partial charge in [0.1, 0.15) is 0 Å². The fraction of sp³-hybridized carbons (Fsp3) is 0.300. The molecule has 1 amide bonds. The van der Waals surface area contributed by atoms with Crippen molar-refractivity contribution >= 4 is 39.1 Å². The van der Waals surface area contributed by atoms with Gasteiger partial charge in [0.25, 0.3) is 0 Å². The number of halogens is 1. The van der Waals surface area contributed by atoms with Crippen LogP contribution in [0.15, 0.2) is 59.8 Å². The number of tetrazole rings is 1. The van der Waals surface area contributed by atoms with E-state index < -0.39 is 9.84 Å². The molecule has 4 rings (SSSR count). The first kappa shape index (κ1) is 21.8. The Morgan fingerprint density at radius 2 is 2.00 bits per heavy atom. The van der Waals surface area contributed by atoms with Gasteiger partial charge < -0.3 is 4.90 Å². The van der Waals surface area contributed by atoms with Gasteiger partial charge >= 0.3 is 0 Å². The molecule has 0 aliphatic carbocycles. The Bertz CT molecular complexity index is 1170. The molecule has 0 bridgehead atoms. The van der Waals surface area contributed by atoms with Gasteiger partial charge in [-0.05, 0) is 40.6 Å². The molecule has 1 aromatic heterocycles. The van der Waals surface area contributed by atoms with Gasteiger partial charge in [-0.1, -0.05) is 59.8 Å². The molecule has 0 N–H and O–H groups in total. The van der Waals surface area contributed by atoms with E-state index in [1.807, 2.05) is 36.4 Å². The number of hydrogen-bond acceptors (Lipinski definition) is 7. The topological polar surface area (TPSA) is 98.1 Å². The molecule has 162 valence electrons. The third-order valence-electron chi connectivity index (χ3n) is 4.98. The molecule has 0 spiro atoms. The molecular formula is C20H20ClN5O3S2. The van der Waals surface area contributed by atoms with Crippen molar-refractivity contribution in [2.75, 3.05) is 17.3 Å². The molecule has 1 atom stereocenters. The number of hydrogen-bond donors (Lipinski definition) is 0. The van der Waals surface area contributed by atoms with Gasteiger partial charge in [-0.2, -0.15) is 4.68 Å². The van der Waals surface area contributed by atoms with Crippen molar-refractivity contribution in [3.63, 3.8) is 0 Å². The molecule has 11 heteroatoms. The Labute approximate surface area is 189 Å². The Kier molecular flexibility index (Phi) is 6.59. The molecule has 31 heavy (non-hydrogen) atoms. The van der Waals surface area contributed by atoms with Crippen LogP contribution in [0.4, 0.5) is 0 Å². The number of sulfone groups is 1. The van der Waals surface area contributed by atoms with Gasteiger partial charge in [0.05, 0.1) is 22.9 Å². The van der Waals surface area contributed by atoms with Crippen LogP contribution < -0.4 is 0 Å². The van der Waals surface area contributed by atoms with Crippen LogP contribution in [0, 0.1) is 0 Å². The molecule has 0 radical (unpaired) electrons. The summed E-state index contributed by atoms with van der Waals surface area (Å²) in [5, 5.41) is 12.7. The molecule has 0 unspecified atom stereocenters. The number of amides is 1. The maximum atomic E-state index is 13.2. The van der Waals surface area contributed by atoms with Crippen LogP contribution in [-0.4, -0.2) is 62.7 Å². The number of benzene rings is 2. The lowest BCUT2D eigenvalue weighted by atomic mass is 10.1. The second-order valence-corrected chi connectivity index (χ2v) is 10.8. The van der Waals surface area contributed by atoms with E-state index in [-0.39, 0.29) is 29.2 Å². The summed E-state index contributed by atoms with van der Waals surface area (Å²) < 4.78 is 25.5. The predicted molar refractivity (Wildman–Crippen MR) is 119 cm³/mol. The summed E-state index contributed by atoms with van der Waals surface area (Å²) in [5.74, 6) is 0.0357. The monoisotopic (exact) mass is 477 g/mol. The second-order valence-electron chi connectivity index (χ2n) is 7.21. The van der Waals surface area contributed by atoms with Crippen molar-refractivity contribution in [3.05, 3.63) is 65.2 Å². The zero-order valence-electron chi connectivity index (χ0n) is 16.5. The minimum Gasteiger partial charge on any atom is -0.334 e. The van der Waals surface area contributed by atoms with Gasteiger partial charge in [0, 0.05) is 17.6 Å². The Morgan fingerprint density at radius 1 is 1.19 bits per heavy atom. The number of aromatic nitrogens is 4. The number of nitrogens with zero attached hydrogens (tertiary/aromatic N) is 5. The van der Waals surface area contributed by atoms with Crippen molar-refractivity contribution in [2.24, 2.45) is 0 Å². The summed E-state index contributed by atoms with van der Waals surface area (Å²) in [5.41, 5.74) is 1.64. The molecule has 1 aliphatic rings. The van der Waals surface area contributed by atoms with E-state index in [1.165, 1.54) is 16.4 Å². The van der Waals surface area contributed by atoms with E-state index >= 15 is 0 Å². The van der Waals surface area contributed by atoms with Gasteiger partial charge in [0.2, 0.25) is 11.1 Å².